The molecule has 1 aliphatic carbocycles. The number of anilines is 1. The van der Waals surface area contributed by atoms with Gasteiger partial charge in [0.15, 0.2) is 6.61 Å². The standard InChI is InChI=1S/C25H18N4O2S/c26-11-12-31-22-10-9-16-5-1-2-6-18(16)20(22)13-17(14-27)24(30)29-25-21(15-28)19-7-3-4-8-23(19)32-25/h1-2,5-6,9-10,13H,3-4,7-8,12H2,(H,29,30)/b17-13+. The van der Waals surface area contributed by atoms with Gasteiger partial charge >= 0.3 is 0 Å². The minimum atomic E-state index is -0.582. The molecule has 0 fully saturated rings. The maximum Gasteiger partial charge on any atom is 0.266 e. The number of aryl methyl sites for hydroxylation is 1. The number of amides is 1. The minimum absolute atomic E-state index is 0.113. The number of nitrogens with zero attached hydrogens (tertiary/aromatic N) is 3. The summed E-state index contributed by atoms with van der Waals surface area (Å²) in [5.74, 6) is -0.170. The Balaban J connectivity index is 1.73. The van der Waals surface area contributed by atoms with Gasteiger partial charge in [-0.25, -0.2) is 0 Å². The van der Waals surface area contributed by atoms with Gasteiger partial charge in [-0.3, -0.25) is 4.79 Å². The summed E-state index contributed by atoms with van der Waals surface area (Å²) in [5, 5.41) is 33.2. The van der Waals surface area contributed by atoms with Crippen LogP contribution in [0.1, 0.15) is 34.4 Å². The maximum absolute atomic E-state index is 13.0. The fourth-order valence-corrected chi connectivity index (χ4v) is 5.13. The van der Waals surface area contributed by atoms with Crippen molar-refractivity contribution in [3.8, 4) is 24.0 Å². The average Bonchev–Trinajstić information content (AvgIpc) is 3.18. The molecule has 7 heteroatoms. The lowest BCUT2D eigenvalue weighted by Gasteiger charge is -2.11. The normalized spacial score (nSPS) is 12.8. The number of thiophene rings is 1. The van der Waals surface area contributed by atoms with Gasteiger partial charge in [0, 0.05) is 10.4 Å². The van der Waals surface area contributed by atoms with Crippen molar-refractivity contribution in [1.29, 1.82) is 15.8 Å². The third-order valence-corrected chi connectivity index (χ3v) is 6.59. The number of fused-ring (bicyclic) bond motifs is 2. The van der Waals surface area contributed by atoms with Gasteiger partial charge in [0.2, 0.25) is 0 Å². The molecule has 1 N–H and O–H groups in total. The number of carbonyl (C=O) groups is 1. The van der Waals surface area contributed by atoms with Crippen LogP contribution in [-0.2, 0) is 17.6 Å². The van der Waals surface area contributed by atoms with Crippen LogP contribution in [0.2, 0.25) is 0 Å². The van der Waals surface area contributed by atoms with Gasteiger partial charge < -0.3 is 10.1 Å². The average molecular weight is 439 g/mol. The largest absolute Gasteiger partial charge is 0.478 e. The SMILES string of the molecule is N#CCOc1ccc2ccccc2c1/C=C(\C#N)C(=O)Nc1sc2c(c1C#N)CCCC2. The highest BCUT2D eigenvalue weighted by Crippen LogP contribution is 2.38. The molecular weight excluding hydrogens is 420 g/mol. The van der Waals surface area contributed by atoms with Gasteiger partial charge in [0.05, 0.1) is 5.56 Å². The number of rotatable bonds is 5. The van der Waals surface area contributed by atoms with E-state index in [4.69, 9.17) is 10.00 Å². The predicted molar refractivity (Wildman–Crippen MR) is 123 cm³/mol. The second-order valence-corrected chi connectivity index (χ2v) is 8.40. The monoisotopic (exact) mass is 438 g/mol. The van der Waals surface area contributed by atoms with E-state index in [2.05, 4.69) is 11.4 Å². The Morgan fingerprint density at radius 3 is 2.72 bits per heavy atom. The fourth-order valence-electron chi connectivity index (χ4n) is 3.90. The van der Waals surface area contributed by atoms with E-state index in [1.807, 2.05) is 42.5 Å². The molecule has 1 aliphatic rings. The molecule has 32 heavy (non-hydrogen) atoms. The fraction of sp³-hybridized carbons (Fsp3) is 0.200. The molecule has 4 rings (SSSR count). The minimum Gasteiger partial charge on any atom is -0.478 e. The van der Waals surface area contributed by atoms with Crippen molar-refractivity contribution in [1.82, 2.24) is 0 Å². The van der Waals surface area contributed by atoms with E-state index >= 15 is 0 Å². The number of nitriles is 3. The van der Waals surface area contributed by atoms with Crippen molar-refractivity contribution >= 4 is 39.1 Å². The van der Waals surface area contributed by atoms with Crippen molar-refractivity contribution in [2.24, 2.45) is 0 Å². The molecule has 0 bridgehead atoms. The first-order valence-corrected chi connectivity index (χ1v) is 11.0. The van der Waals surface area contributed by atoms with Crippen molar-refractivity contribution in [3.05, 3.63) is 63.5 Å². The van der Waals surface area contributed by atoms with Gasteiger partial charge in [0.1, 0.15) is 34.5 Å². The lowest BCUT2D eigenvalue weighted by Crippen LogP contribution is -2.13. The number of hydrogen-bond acceptors (Lipinski definition) is 6. The van der Waals surface area contributed by atoms with Crippen molar-refractivity contribution in [2.75, 3.05) is 11.9 Å². The van der Waals surface area contributed by atoms with Gasteiger partial charge in [-0.05, 0) is 54.2 Å². The van der Waals surface area contributed by atoms with Crippen LogP contribution >= 0.6 is 11.3 Å². The summed E-state index contributed by atoms with van der Waals surface area (Å²) in [7, 11) is 0. The Morgan fingerprint density at radius 1 is 1.12 bits per heavy atom. The first-order chi connectivity index (χ1) is 15.7. The van der Waals surface area contributed by atoms with Crippen LogP contribution in [0.3, 0.4) is 0 Å². The van der Waals surface area contributed by atoms with E-state index < -0.39 is 5.91 Å². The molecular formula is C25H18N4O2S. The third-order valence-electron chi connectivity index (χ3n) is 5.39. The van der Waals surface area contributed by atoms with Crippen molar-refractivity contribution in [3.63, 3.8) is 0 Å². The van der Waals surface area contributed by atoms with Crippen molar-refractivity contribution in [2.45, 2.75) is 25.7 Å². The zero-order valence-electron chi connectivity index (χ0n) is 17.1. The van der Waals surface area contributed by atoms with E-state index in [-0.39, 0.29) is 12.2 Å². The highest BCUT2D eigenvalue weighted by molar-refractivity contribution is 7.16. The molecule has 6 nitrogen and oxygen atoms in total. The summed E-state index contributed by atoms with van der Waals surface area (Å²) in [6, 6.07) is 17.2. The highest BCUT2D eigenvalue weighted by Gasteiger charge is 2.23. The topological polar surface area (TPSA) is 110 Å². The Bertz CT molecular complexity index is 1370. The quantitative estimate of drug-likeness (QED) is 0.440. The summed E-state index contributed by atoms with van der Waals surface area (Å²) < 4.78 is 5.54. The van der Waals surface area contributed by atoms with E-state index in [9.17, 15) is 15.3 Å². The Kier molecular flexibility index (Phi) is 6.17. The number of hydrogen-bond donors (Lipinski definition) is 1. The van der Waals surface area contributed by atoms with Crippen LogP contribution in [0, 0.1) is 34.0 Å². The van der Waals surface area contributed by atoms with Crippen LogP contribution in [0.15, 0.2) is 42.0 Å². The van der Waals surface area contributed by atoms with Crippen LogP contribution in [0.4, 0.5) is 5.00 Å². The smallest absolute Gasteiger partial charge is 0.266 e. The summed E-state index contributed by atoms with van der Waals surface area (Å²) in [6.45, 7) is -0.153. The maximum atomic E-state index is 13.0. The number of benzene rings is 2. The van der Waals surface area contributed by atoms with Gasteiger partial charge in [-0.2, -0.15) is 15.8 Å². The summed E-state index contributed by atoms with van der Waals surface area (Å²) >= 11 is 1.41. The second kappa shape index (κ2) is 9.35. The summed E-state index contributed by atoms with van der Waals surface area (Å²) in [5.41, 5.74) is 1.95. The first kappa shape index (κ1) is 21.1. The third kappa shape index (κ3) is 4.05. The van der Waals surface area contributed by atoms with Crippen LogP contribution in [0.25, 0.3) is 16.8 Å². The zero-order valence-corrected chi connectivity index (χ0v) is 18.0. The van der Waals surface area contributed by atoms with E-state index in [0.29, 0.717) is 21.9 Å². The van der Waals surface area contributed by atoms with Crippen LogP contribution in [0.5, 0.6) is 5.75 Å². The van der Waals surface area contributed by atoms with Crippen LogP contribution < -0.4 is 10.1 Å². The molecule has 1 aromatic heterocycles. The number of nitrogens with one attached hydrogen (secondary N) is 1. The van der Waals surface area contributed by atoms with Gasteiger partial charge in [-0.1, -0.05) is 30.3 Å². The number of carbonyl (C=O) groups excluding carboxylic acids is 1. The Hall–Kier alpha value is -4.12. The molecule has 0 saturated heterocycles. The Labute approximate surface area is 189 Å². The lowest BCUT2D eigenvalue weighted by molar-refractivity contribution is -0.112. The summed E-state index contributed by atoms with van der Waals surface area (Å²) in [4.78, 5) is 14.1. The molecule has 0 spiro atoms. The van der Waals surface area contributed by atoms with Crippen LogP contribution in [-0.4, -0.2) is 12.5 Å². The molecule has 1 heterocycles. The van der Waals surface area contributed by atoms with Gasteiger partial charge in [-0.15, -0.1) is 11.3 Å². The molecule has 1 amide bonds. The van der Waals surface area contributed by atoms with Gasteiger partial charge in [0.25, 0.3) is 5.91 Å². The molecule has 3 aromatic rings. The van der Waals surface area contributed by atoms with E-state index in [1.165, 1.54) is 17.4 Å². The second-order valence-electron chi connectivity index (χ2n) is 7.30. The zero-order chi connectivity index (χ0) is 22.5. The molecule has 0 saturated carbocycles. The summed E-state index contributed by atoms with van der Waals surface area (Å²) in [6.07, 6.45) is 5.32. The van der Waals surface area contributed by atoms with E-state index in [0.717, 1.165) is 46.9 Å². The first-order valence-electron chi connectivity index (χ1n) is 10.2. The highest BCUT2D eigenvalue weighted by atomic mass is 32.1. The molecule has 0 atom stereocenters. The lowest BCUT2D eigenvalue weighted by atomic mass is 9.96. The Morgan fingerprint density at radius 2 is 1.94 bits per heavy atom. The molecule has 0 radical (unpaired) electrons. The molecule has 0 unspecified atom stereocenters. The molecule has 2 aromatic carbocycles. The number of ether oxygens (including phenoxy) is 1. The molecule has 156 valence electrons. The predicted octanol–water partition coefficient (Wildman–Crippen LogP) is 5.10. The molecule has 0 aliphatic heterocycles. The van der Waals surface area contributed by atoms with Crippen molar-refractivity contribution < 1.29 is 9.53 Å². The van der Waals surface area contributed by atoms with E-state index in [1.54, 1.807) is 6.07 Å².